The van der Waals surface area contributed by atoms with Gasteiger partial charge in [-0.25, -0.2) is 0 Å². The smallest absolute Gasteiger partial charge is 0.387 e. The molecule has 0 bridgehead atoms. The highest BCUT2D eigenvalue weighted by Crippen LogP contribution is 2.26. The first-order valence-corrected chi connectivity index (χ1v) is 7.53. The number of ether oxygens (including phenoxy) is 2. The standard InChI is InChI=1S/C17H16ClF2NO3/c1-23-13-7-8-15(14(18)10-13)21-16(22)9-4-11-2-5-12(6-3-11)24-17(19)20/h2-3,5-8,10,17H,4,9H2,1H3,(H,21,22). The summed E-state index contributed by atoms with van der Waals surface area (Å²) in [6.45, 7) is -2.85. The van der Waals surface area contributed by atoms with Gasteiger partial charge in [0.2, 0.25) is 5.91 Å². The van der Waals surface area contributed by atoms with Crippen molar-refractivity contribution < 1.29 is 23.0 Å². The van der Waals surface area contributed by atoms with Crippen molar-refractivity contribution in [2.45, 2.75) is 19.5 Å². The van der Waals surface area contributed by atoms with Crippen LogP contribution in [0.25, 0.3) is 0 Å². The molecule has 0 atom stereocenters. The number of carbonyl (C=O) groups is 1. The summed E-state index contributed by atoms with van der Waals surface area (Å²) < 4.78 is 33.4. The van der Waals surface area contributed by atoms with E-state index >= 15 is 0 Å². The van der Waals surface area contributed by atoms with Gasteiger partial charge in [-0.1, -0.05) is 23.7 Å². The van der Waals surface area contributed by atoms with Crippen LogP contribution in [-0.4, -0.2) is 19.6 Å². The minimum absolute atomic E-state index is 0.0863. The lowest BCUT2D eigenvalue weighted by Gasteiger charge is -2.09. The van der Waals surface area contributed by atoms with E-state index in [-0.39, 0.29) is 18.1 Å². The molecule has 1 amide bonds. The first-order chi connectivity index (χ1) is 11.5. The minimum Gasteiger partial charge on any atom is -0.497 e. The molecule has 4 nitrogen and oxygen atoms in total. The molecule has 7 heteroatoms. The van der Waals surface area contributed by atoms with Crippen LogP contribution in [0.3, 0.4) is 0 Å². The van der Waals surface area contributed by atoms with E-state index in [1.165, 1.54) is 19.2 Å². The molecule has 0 aliphatic carbocycles. The van der Waals surface area contributed by atoms with Crippen molar-refractivity contribution in [3.63, 3.8) is 0 Å². The second-order valence-corrected chi connectivity index (χ2v) is 5.32. The number of alkyl halides is 2. The van der Waals surface area contributed by atoms with Crippen LogP contribution in [0.1, 0.15) is 12.0 Å². The molecule has 0 fully saturated rings. The molecule has 0 spiro atoms. The van der Waals surface area contributed by atoms with Crippen LogP contribution in [0.2, 0.25) is 5.02 Å². The molecule has 0 aromatic heterocycles. The Morgan fingerprint density at radius 2 is 1.83 bits per heavy atom. The van der Waals surface area contributed by atoms with Crippen LogP contribution < -0.4 is 14.8 Å². The average molecular weight is 356 g/mol. The highest BCUT2D eigenvalue weighted by Gasteiger charge is 2.08. The van der Waals surface area contributed by atoms with Crippen molar-refractivity contribution in [1.82, 2.24) is 0 Å². The summed E-state index contributed by atoms with van der Waals surface area (Å²) in [5.41, 5.74) is 1.34. The molecule has 0 saturated carbocycles. The Bertz CT molecular complexity index is 693. The maximum atomic E-state index is 12.1. The van der Waals surface area contributed by atoms with E-state index in [1.807, 2.05) is 0 Å². The fourth-order valence-electron chi connectivity index (χ4n) is 2.03. The first kappa shape index (κ1) is 18.0. The average Bonchev–Trinajstić information content (AvgIpc) is 2.55. The molecule has 0 aliphatic heterocycles. The van der Waals surface area contributed by atoms with Gasteiger partial charge in [0.15, 0.2) is 0 Å². The van der Waals surface area contributed by atoms with Crippen molar-refractivity contribution in [3.8, 4) is 11.5 Å². The highest BCUT2D eigenvalue weighted by atomic mass is 35.5. The van der Waals surface area contributed by atoms with Gasteiger partial charge in [-0.2, -0.15) is 8.78 Å². The van der Waals surface area contributed by atoms with Crippen molar-refractivity contribution >= 4 is 23.2 Å². The lowest BCUT2D eigenvalue weighted by atomic mass is 10.1. The number of nitrogens with one attached hydrogen (secondary N) is 1. The van der Waals surface area contributed by atoms with Gasteiger partial charge in [0.25, 0.3) is 0 Å². The summed E-state index contributed by atoms with van der Waals surface area (Å²) in [7, 11) is 1.53. The number of aryl methyl sites for hydroxylation is 1. The molecule has 24 heavy (non-hydrogen) atoms. The van der Waals surface area contributed by atoms with Crippen molar-refractivity contribution in [2.75, 3.05) is 12.4 Å². The zero-order chi connectivity index (χ0) is 17.5. The number of amides is 1. The molecule has 2 aromatic rings. The summed E-state index contributed by atoms with van der Waals surface area (Å²) in [6.07, 6.45) is 0.700. The van der Waals surface area contributed by atoms with Crippen molar-refractivity contribution in [3.05, 3.63) is 53.1 Å². The Kier molecular flexibility index (Phi) is 6.37. The molecule has 2 aromatic carbocycles. The van der Waals surface area contributed by atoms with E-state index in [2.05, 4.69) is 10.1 Å². The number of anilines is 1. The SMILES string of the molecule is COc1ccc(NC(=O)CCc2ccc(OC(F)F)cc2)c(Cl)c1. The number of carbonyl (C=O) groups excluding carboxylic acids is 1. The third-order valence-corrected chi connectivity index (χ3v) is 3.55. The number of halogens is 3. The van der Waals surface area contributed by atoms with Gasteiger partial charge in [0.05, 0.1) is 17.8 Å². The fraction of sp³-hybridized carbons (Fsp3) is 0.235. The monoisotopic (exact) mass is 355 g/mol. The van der Waals surface area contributed by atoms with Gasteiger partial charge in [-0.3, -0.25) is 4.79 Å². The minimum atomic E-state index is -2.85. The van der Waals surface area contributed by atoms with Gasteiger partial charge >= 0.3 is 6.61 Å². The fourth-order valence-corrected chi connectivity index (χ4v) is 2.25. The maximum Gasteiger partial charge on any atom is 0.387 e. The van der Waals surface area contributed by atoms with Crippen LogP contribution in [-0.2, 0) is 11.2 Å². The van der Waals surface area contributed by atoms with Crippen LogP contribution >= 0.6 is 11.6 Å². The van der Waals surface area contributed by atoms with Crippen molar-refractivity contribution in [2.24, 2.45) is 0 Å². The summed E-state index contributed by atoms with van der Waals surface area (Å²) >= 11 is 6.06. The molecule has 2 rings (SSSR count). The summed E-state index contributed by atoms with van der Waals surface area (Å²) in [5.74, 6) is 0.488. The topological polar surface area (TPSA) is 47.6 Å². The third-order valence-electron chi connectivity index (χ3n) is 3.24. The number of benzene rings is 2. The van der Waals surface area contributed by atoms with E-state index in [1.54, 1.807) is 30.3 Å². The maximum absolute atomic E-state index is 12.1. The molecular weight excluding hydrogens is 340 g/mol. The Morgan fingerprint density at radius 3 is 2.42 bits per heavy atom. The Morgan fingerprint density at radius 1 is 1.17 bits per heavy atom. The number of hydrogen-bond acceptors (Lipinski definition) is 3. The van der Waals surface area contributed by atoms with E-state index < -0.39 is 6.61 Å². The summed E-state index contributed by atoms with van der Waals surface area (Å²) in [6, 6.07) is 11.1. The van der Waals surface area contributed by atoms with Gasteiger partial charge in [0.1, 0.15) is 11.5 Å². The van der Waals surface area contributed by atoms with Gasteiger partial charge in [0, 0.05) is 12.5 Å². The molecular formula is C17H16ClF2NO3. The molecule has 0 radical (unpaired) electrons. The van der Waals surface area contributed by atoms with Crippen LogP contribution in [0.4, 0.5) is 14.5 Å². The second-order valence-electron chi connectivity index (χ2n) is 4.92. The predicted molar refractivity (Wildman–Crippen MR) is 88.0 cm³/mol. The third kappa shape index (κ3) is 5.38. The Labute approximate surface area is 143 Å². The summed E-state index contributed by atoms with van der Waals surface area (Å²) in [4.78, 5) is 12.0. The molecule has 0 unspecified atom stereocenters. The highest BCUT2D eigenvalue weighted by molar-refractivity contribution is 6.33. The van der Waals surface area contributed by atoms with Gasteiger partial charge in [-0.05, 0) is 36.2 Å². The van der Waals surface area contributed by atoms with E-state index in [4.69, 9.17) is 16.3 Å². The number of rotatable bonds is 7. The molecule has 1 N–H and O–H groups in total. The molecule has 128 valence electrons. The van der Waals surface area contributed by atoms with Gasteiger partial charge < -0.3 is 14.8 Å². The Hall–Kier alpha value is -2.34. The van der Waals surface area contributed by atoms with E-state index in [0.717, 1.165) is 5.56 Å². The lowest BCUT2D eigenvalue weighted by Crippen LogP contribution is -2.12. The largest absolute Gasteiger partial charge is 0.497 e. The van der Waals surface area contributed by atoms with Crippen LogP contribution in [0, 0.1) is 0 Å². The molecule has 0 aliphatic rings. The van der Waals surface area contributed by atoms with Gasteiger partial charge in [-0.15, -0.1) is 0 Å². The molecule has 0 heterocycles. The van der Waals surface area contributed by atoms with E-state index in [0.29, 0.717) is 22.9 Å². The number of methoxy groups -OCH3 is 1. The second kappa shape index (κ2) is 8.49. The Balaban J connectivity index is 1.87. The quantitative estimate of drug-likeness (QED) is 0.794. The summed E-state index contributed by atoms with van der Waals surface area (Å²) in [5, 5.41) is 3.10. The zero-order valence-corrected chi connectivity index (χ0v) is 13.6. The van der Waals surface area contributed by atoms with Crippen LogP contribution in [0.15, 0.2) is 42.5 Å². The normalized spacial score (nSPS) is 10.5. The van der Waals surface area contributed by atoms with Crippen molar-refractivity contribution in [1.29, 1.82) is 0 Å². The number of hydrogen-bond donors (Lipinski definition) is 1. The zero-order valence-electron chi connectivity index (χ0n) is 12.9. The van der Waals surface area contributed by atoms with Crippen LogP contribution in [0.5, 0.6) is 11.5 Å². The predicted octanol–water partition coefficient (Wildman–Crippen LogP) is 4.52. The molecule has 0 saturated heterocycles. The lowest BCUT2D eigenvalue weighted by molar-refractivity contribution is -0.116. The van der Waals surface area contributed by atoms with E-state index in [9.17, 15) is 13.6 Å². The first-order valence-electron chi connectivity index (χ1n) is 7.15.